The summed E-state index contributed by atoms with van der Waals surface area (Å²) in [5.41, 5.74) is 3.67. The van der Waals surface area contributed by atoms with E-state index in [-0.39, 0.29) is 28.4 Å². The number of aliphatic hydroxyl groups is 1. The molecule has 2 aromatic rings. The molecule has 2 aliphatic heterocycles. The first-order valence-electron chi connectivity index (χ1n) is 14.9. The zero-order chi connectivity index (χ0) is 28.9. The highest BCUT2D eigenvalue weighted by Crippen LogP contribution is 2.46. The Morgan fingerprint density at radius 2 is 2.02 bits per heavy atom. The number of anilines is 1. The summed E-state index contributed by atoms with van der Waals surface area (Å²) in [6, 6.07) is 11.7. The third kappa shape index (κ3) is 5.41. The molecule has 2 N–H and O–H groups in total. The van der Waals surface area contributed by atoms with Crippen molar-refractivity contribution in [1.82, 2.24) is 4.72 Å². The van der Waals surface area contributed by atoms with E-state index in [9.17, 15) is 14.1 Å². The predicted molar refractivity (Wildman–Crippen MR) is 168 cm³/mol. The number of ether oxygens (including phenoxy) is 1. The quantitative estimate of drug-likeness (QED) is 0.308. The predicted octanol–water partition coefficient (Wildman–Crippen LogP) is 5.55. The molecule has 4 aliphatic rings. The van der Waals surface area contributed by atoms with Crippen LogP contribution in [0.2, 0.25) is 5.02 Å². The van der Waals surface area contributed by atoms with Gasteiger partial charge in [-0.2, -0.15) is 0 Å². The molecule has 2 aromatic carbocycles. The van der Waals surface area contributed by atoms with Crippen LogP contribution in [0, 0.1) is 17.8 Å². The first-order chi connectivity index (χ1) is 19.6. The molecule has 41 heavy (non-hydrogen) atoms. The fraction of sp³-hybridized carbons (Fsp3) is 0.515. The number of hydrogen-bond donors (Lipinski definition) is 2. The number of allylic oxidation sites excluding steroid dienone is 1. The number of carbonyl (C=O) groups excluding carboxylic acids is 1. The number of aliphatic hydroxyl groups excluding tert-OH is 1. The average molecular weight is 597 g/mol. The molecule has 0 aromatic heterocycles. The highest BCUT2D eigenvalue weighted by Gasteiger charge is 2.44. The Morgan fingerprint density at radius 3 is 2.80 bits per heavy atom. The first-order valence-corrected chi connectivity index (χ1v) is 17.1. The maximum Gasteiger partial charge on any atom is 0.262 e. The van der Waals surface area contributed by atoms with Crippen LogP contribution in [0.25, 0.3) is 0 Å². The van der Waals surface area contributed by atoms with E-state index in [1.807, 2.05) is 44.2 Å². The van der Waals surface area contributed by atoms with Crippen LogP contribution >= 0.6 is 11.6 Å². The third-order valence-corrected chi connectivity index (χ3v) is 12.6. The van der Waals surface area contributed by atoms with Crippen LogP contribution < -0.4 is 14.4 Å². The second-order valence-corrected chi connectivity index (χ2v) is 15.6. The van der Waals surface area contributed by atoms with Crippen LogP contribution in [0.4, 0.5) is 5.69 Å². The molecule has 0 saturated heterocycles. The molecule has 1 saturated carbocycles. The maximum absolute atomic E-state index is 13.6. The van der Waals surface area contributed by atoms with Crippen LogP contribution in [0.15, 0.2) is 48.6 Å². The van der Waals surface area contributed by atoms with Gasteiger partial charge in [-0.1, -0.05) is 36.7 Å². The largest absolute Gasteiger partial charge is 0.490 e. The Bertz CT molecular complexity index is 1470. The van der Waals surface area contributed by atoms with Gasteiger partial charge in [-0.15, -0.1) is 0 Å². The zero-order valence-corrected chi connectivity index (χ0v) is 25.6. The molecule has 1 unspecified atom stereocenters. The van der Waals surface area contributed by atoms with Crippen molar-refractivity contribution in [3.63, 3.8) is 0 Å². The topological polar surface area (TPSA) is 78.9 Å². The van der Waals surface area contributed by atoms with E-state index in [0.717, 1.165) is 61.7 Å². The summed E-state index contributed by atoms with van der Waals surface area (Å²) < 4.78 is 22.9. The van der Waals surface area contributed by atoms with Gasteiger partial charge in [0.2, 0.25) is 0 Å². The molecular weight excluding hydrogens is 556 g/mol. The number of amides is 1. The van der Waals surface area contributed by atoms with Crippen LogP contribution in [0.1, 0.15) is 67.4 Å². The summed E-state index contributed by atoms with van der Waals surface area (Å²) in [5, 5.41) is 11.6. The van der Waals surface area contributed by atoms with Crippen molar-refractivity contribution in [2.24, 2.45) is 17.8 Å². The summed E-state index contributed by atoms with van der Waals surface area (Å²) in [5.74, 6) is 4.82. The van der Waals surface area contributed by atoms with Gasteiger partial charge >= 0.3 is 0 Å². The number of nitrogens with one attached hydrogen (secondary N) is 1. The number of halogens is 1. The van der Waals surface area contributed by atoms with E-state index in [1.165, 1.54) is 11.1 Å². The molecule has 0 radical (unpaired) electrons. The number of fused-ring (bicyclic) bond motifs is 4. The van der Waals surface area contributed by atoms with E-state index in [4.69, 9.17) is 16.3 Å². The Kier molecular flexibility index (Phi) is 7.66. The average Bonchev–Trinajstić information content (AvgIpc) is 3.06. The van der Waals surface area contributed by atoms with Crippen molar-refractivity contribution in [3.05, 3.63) is 70.3 Å². The maximum atomic E-state index is 13.6. The lowest BCUT2D eigenvalue weighted by Gasteiger charge is -2.45. The van der Waals surface area contributed by atoms with Gasteiger partial charge in [-0.3, -0.25) is 9.52 Å². The molecule has 2 bridgehead atoms. The standard InChI is InChI=1S/C33H41ClN2O4S/c1-21-6-4-8-30(37)27-12-9-25(27)18-36-19-33(15-5-7-23-16-26(34)11-13-28(23)33)20-40-31-14-10-24(17-29(31)36)32(38)35-41(3,39)22(21)2/h4,8,10-11,13-14,16-17,21-22,25,27,30,37H,3,5-7,9,12,15,18-20H2,1-2H3,(H,35,38,39)/b8-4+/t21-,22+,25-,27+,30+,33-,41?/m0/s1. The van der Waals surface area contributed by atoms with Gasteiger partial charge in [-0.05, 0) is 111 Å². The molecule has 7 atom stereocenters. The minimum Gasteiger partial charge on any atom is -0.490 e. The summed E-state index contributed by atoms with van der Waals surface area (Å²) in [6.07, 6.45) is 9.15. The number of rotatable bonds is 0. The minimum absolute atomic E-state index is 0.0224. The highest BCUT2D eigenvalue weighted by molar-refractivity contribution is 7.99. The number of carbonyl (C=O) groups is 1. The van der Waals surface area contributed by atoms with Crippen LogP contribution in [0.5, 0.6) is 5.75 Å². The summed E-state index contributed by atoms with van der Waals surface area (Å²) in [7, 11) is -2.91. The summed E-state index contributed by atoms with van der Waals surface area (Å²) >= 11 is 6.40. The number of nitrogens with zero attached hydrogens (tertiary/aromatic N) is 1. The van der Waals surface area contributed by atoms with E-state index < -0.39 is 15.8 Å². The van der Waals surface area contributed by atoms with E-state index in [2.05, 4.69) is 27.6 Å². The van der Waals surface area contributed by atoms with E-state index in [0.29, 0.717) is 24.5 Å². The minimum atomic E-state index is -2.91. The van der Waals surface area contributed by atoms with Crippen LogP contribution in [-0.4, -0.2) is 52.1 Å². The van der Waals surface area contributed by atoms with Gasteiger partial charge in [0.25, 0.3) is 5.91 Å². The van der Waals surface area contributed by atoms with Gasteiger partial charge in [0, 0.05) is 34.3 Å². The lowest BCUT2D eigenvalue weighted by molar-refractivity contribution is 0.0456. The molecule has 2 heterocycles. The SMILES string of the molecule is C=S1(=O)NC(=O)c2ccc3c(c2)N(C[C@@H]2CC[C@H]2[C@H](O)/C=C/C[C@H](C)[C@H]1C)C[C@@]1(CCCc2cc(Cl)ccc21)CO3. The van der Waals surface area contributed by atoms with E-state index in [1.54, 1.807) is 6.07 Å². The molecular formula is C33H41ClN2O4S. The highest BCUT2D eigenvalue weighted by atomic mass is 35.5. The number of benzene rings is 2. The Morgan fingerprint density at radius 1 is 1.20 bits per heavy atom. The zero-order valence-electron chi connectivity index (χ0n) is 24.0. The van der Waals surface area contributed by atoms with E-state index >= 15 is 0 Å². The number of hydrogen-bond acceptors (Lipinski definition) is 5. The van der Waals surface area contributed by atoms with Crippen molar-refractivity contribution in [3.8, 4) is 5.75 Å². The van der Waals surface area contributed by atoms with Gasteiger partial charge in [0.15, 0.2) is 0 Å². The normalized spacial score (nSPS) is 36.1. The molecule has 1 fully saturated rings. The number of aryl methyl sites for hydroxylation is 1. The van der Waals surface area contributed by atoms with Crippen molar-refractivity contribution in [2.75, 3.05) is 24.6 Å². The molecule has 8 heteroatoms. The van der Waals surface area contributed by atoms with Crippen molar-refractivity contribution >= 4 is 38.8 Å². The molecule has 6 nitrogen and oxygen atoms in total. The second kappa shape index (κ2) is 11.0. The summed E-state index contributed by atoms with van der Waals surface area (Å²) in [6.45, 7) is 5.93. The monoisotopic (exact) mass is 596 g/mol. The fourth-order valence-corrected chi connectivity index (χ4v) is 8.93. The Labute approximate surface area is 249 Å². The van der Waals surface area contributed by atoms with Gasteiger partial charge in [0.1, 0.15) is 5.75 Å². The molecule has 6 rings (SSSR count). The second-order valence-electron chi connectivity index (χ2n) is 12.8. The van der Waals surface area contributed by atoms with Crippen molar-refractivity contribution in [2.45, 2.75) is 69.1 Å². The first kappa shape index (κ1) is 28.6. The lowest BCUT2D eigenvalue weighted by Crippen LogP contribution is -2.49. The molecule has 1 amide bonds. The molecule has 2 aliphatic carbocycles. The fourth-order valence-electron chi connectivity index (χ4n) is 7.26. The van der Waals surface area contributed by atoms with Crippen molar-refractivity contribution in [1.29, 1.82) is 0 Å². The summed E-state index contributed by atoms with van der Waals surface area (Å²) in [4.78, 5) is 15.8. The Hall–Kier alpha value is -2.48. The van der Waals surface area contributed by atoms with Crippen molar-refractivity contribution < 1.29 is 18.8 Å². The third-order valence-electron chi connectivity index (χ3n) is 10.2. The Balaban J connectivity index is 1.42. The molecule has 1 spiro atoms. The molecule has 220 valence electrons. The lowest BCUT2D eigenvalue weighted by atomic mass is 9.68. The van der Waals surface area contributed by atoms with Crippen LogP contribution in [-0.2, 0) is 21.5 Å². The van der Waals surface area contributed by atoms with Gasteiger partial charge < -0.3 is 14.7 Å². The smallest absolute Gasteiger partial charge is 0.262 e. The van der Waals surface area contributed by atoms with Gasteiger partial charge in [0.05, 0.1) is 28.1 Å². The van der Waals surface area contributed by atoms with Gasteiger partial charge in [-0.25, -0.2) is 4.21 Å². The van der Waals surface area contributed by atoms with Crippen LogP contribution in [0.3, 0.4) is 0 Å².